The molecule has 0 radical (unpaired) electrons. The molecule has 0 bridgehead atoms. The van der Waals surface area contributed by atoms with Crippen molar-refractivity contribution in [1.82, 2.24) is 5.32 Å². The first-order valence-electron chi connectivity index (χ1n) is 6.86. The van der Waals surface area contributed by atoms with E-state index in [9.17, 15) is 0 Å². The van der Waals surface area contributed by atoms with Gasteiger partial charge in [0.2, 0.25) is 0 Å². The first kappa shape index (κ1) is 12.4. The van der Waals surface area contributed by atoms with Gasteiger partial charge in [-0.2, -0.15) is 0 Å². The van der Waals surface area contributed by atoms with Crippen LogP contribution in [-0.4, -0.2) is 13.6 Å². The van der Waals surface area contributed by atoms with Crippen LogP contribution in [0.4, 0.5) is 5.69 Å². The van der Waals surface area contributed by atoms with Gasteiger partial charge >= 0.3 is 0 Å². The molecule has 2 heteroatoms. The molecule has 1 fully saturated rings. The van der Waals surface area contributed by atoms with Crippen LogP contribution in [0.15, 0.2) is 24.3 Å². The normalized spacial score (nSPS) is 17.0. The topological polar surface area (TPSA) is 24.1 Å². The molecular formula is C15H24N2. The Kier molecular flexibility index (Phi) is 4.87. The van der Waals surface area contributed by atoms with Gasteiger partial charge in [0.15, 0.2) is 0 Å². The number of nitrogens with one attached hydrogen (secondary N) is 2. The van der Waals surface area contributed by atoms with Crippen LogP contribution in [0.25, 0.3) is 0 Å². The van der Waals surface area contributed by atoms with Crippen molar-refractivity contribution in [1.29, 1.82) is 0 Å². The summed E-state index contributed by atoms with van der Waals surface area (Å²) in [5, 5.41) is 6.73. The van der Waals surface area contributed by atoms with Gasteiger partial charge in [0.25, 0.3) is 0 Å². The fourth-order valence-corrected chi connectivity index (χ4v) is 2.60. The molecule has 17 heavy (non-hydrogen) atoms. The summed E-state index contributed by atoms with van der Waals surface area (Å²) in [7, 11) is 1.95. The number of hydrogen-bond acceptors (Lipinski definition) is 2. The van der Waals surface area contributed by atoms with E-state index in [1.54, 1.807) is 0 Å². The summed E-state index contributed by atoms with van der Waals surface area (Å²) in [5.41, 5.74) is 2.56. The van der Waals surface area contributed by atoms with Gasteiger partial charge in [-0.1, -0.05) is 31.4 Å². The molecule has 0 heterocycles. The lowest BCUT2D eigenvalue weighted by molar-refractivity contribution is 0.342. The predicted molar refractivity (Wildman–Crippen MR) is 74.3 cm³/mol. The molecule has 0 unspecified atom stereocenters. The number of benzene rings is 1. The van der Waals surface area contributed by atoms with Crippen molar-refractivity contribution >= 4 is 5.69 Å². The number of rotatable bonds is 5. The van der Waals surface area contributed by atoms with Crippen LogP contribution in [0.2, 0.25) is 0 Å². The Morgan fingerprint density at radius 1 is 1.06 bits per heavy atom. The summed E-state index contributed by atoms with van der Waals surface area (Å²) in [6.45, 7) is 2.19. The highest BCUT2D eigenvalue weighted by Crippen LogP contribution is 2.22. The van der Waals surface area contributed by atoms with Crippen molar-refractivity contribution in [2.45, 2.75) is 38.6 Å². The second-order valence-electron chi connectivity index (χ2n) is 5.08. The zero-order chi connectivity index (χ0) is 11.9. The van der Waals surface area contributed by atoms with Crippen LogP contribution < -0.4 is 10.6 Å². The molecule has 2 rings (SSSR count). The second-order valence-corrected chi connectivity index (χ2v) is 5.08. The molecule has 94 valence electrons. The average molecular weight is 232 g/mol. The zero-order valence-corrected chi connectivity index (χ0v) is 10.8. The van der Waals surface area contributed by atoms with Crippen molar-refractivity contribution in [2.24, 2.45) is 5.92 Å². The molecule has 0 aliphatic heterocycles. The third-order valence-electron chi connectivity index (χ3n) is 3.73. The van der Waals surface area contributed by atoms with Gasteiger partial charge in [-0.3, -0.25) is 0 Å². The van der Waals surface area contributed by atoms with E-state index in [2.05, 4.69) is 34.9 Å². The largest absolute Gasteiger partial charge is 0.388 e. The quantitative estimate of drug-likeness (QED) is 0.813. The SMILES string of the molecule is CNc1ccc(CNCC2CCCCC2)cc1. The lowest BCUT2D eigenvalue weighted by atomic mass is 9.89. The maximum atomic E-state index is 3.59. The molecule has 0 aromatic heterocycles. The summed E-state index contributed by atoms with van der Waals surface area (Å²) in [4.78, 5) is 0. The van der Waals surface area contributed by atoms with E-state index in [0.29, 0.717) is 0 Å². The average Bonchev–Trinajstić information content (AvgIpc) is 2.41. The third kappa shape index (κ3) is 4.04. The smallest absolute Gasteiger partial charge is 0.0337 e. The maximum Gasteiger partial charge on any atom is 0.0337 e. The van der Waals surface area contributed by atoms with Crippen LogP contribution in [0.1, 0.15) is 37.7 Å². The Morgan fingerprint density at radius 3 is 2.41 bits per heavy atom. The van der Waals surface area contributed by atoms with Crippen LogP contribution >= 0.6 is 0 Å². The minimum atomic E-state index is 0.917. The second kappa shape index (κ2) is 6.65. The fraction of sp³-hybridized carbons (Fsp3) is 0.600. The highest BCUT2D eigenvalue weighted by Gasteiger charge is 2.12. The molecule has 0 spiro atoms. The van der Waals surface area contributed by atoms with Gasteiger partial charge in [0.1, 0.15) is 0 Å². The van der Waals surface area contributed by atoms with Gasteiger partial charge in [0.05, 0.1) is 0 Å². The predicted octanol–water partition coefficient (Wildman–Crippen LogP) is 3.40. The van der Waals surface area contributed by atoms with Gasteiger partial charge in [-0.05, 0) is 43.0 Å². The Labute approximate surface area is 105 Å². The molecule has 1 aliphatic carbocycles. The van der Waals surface area contributed by atoms with E-state index in [1.807, 2.05) is 7.05 Å². The van der Waals surface area contributed by atoms with E-state index in [4.69, 9.17) is 0 Å². The van der Waals surface area contributed by atoms with Crippen molar-refractivity contribution in [3.63, 3.8) is 0 Å². The van der Waals surface area contributed by atoms with Crippen molar-refractivity contribution < 1.29 is 0 Å². The molecule has 2 N–H and O–H groups in total. The molecular weight excluding hydrogens is 208 g/mol. The summed E-state index contributed by atoms with van der Waals surface area (Å²) >= 11 is 0. The fourth-order valence-electron chi connectivity index (χ4n) is 2.60. The van der Waals surface area contributed by atoms with Gasteiger partial charge in [-0.25, -0.2) is 0 Å². The summed E-state index contributed by atoms with van der Waals surface area (Å²) < 4.78 is 0. The van der Waals surface area contributed by atoms with Crippen LogP contribution in [-0.2, 0) is 6.54 Å². The standard InChI is InChI=1S/C15H24N2/c1-16-15-9-7-14(8-10-15)12-17-11-13-5-3-2-4-6-13/h7-10,13,16-17H,2-6,11-12H2,1H3. The first-order chi connectivity index (χ1) is 8.38. The highest BCUT2D eigenvalue weighted by molar-refractivity contribution is 5.43. The highest BCUT2D eigenvalue weighted by atomic mass is 14.9. The van der Waals surface area contributed by atoms with Gasteiger partial charge in [-0.15, -0.1) is 0 Å². The van der Waals surface area contributed by atoms with E-state index in [0.717, 1.165) is 12.5 Å². The third-order valence-corrected chi connectivity index (χ3v) is 3.73. The number of anilines is 1. The summed E-state index contributed by atoms with van der Waals surface area (Å²) in [5.74, 6) is 0.917. The molecule has 0 amide bonds. The molecule has 1 aliphatic rings. The van der Waals surface area contributed by atoms with Crippen molar-refractivity contribution in [3.05, 3.63) is 29.8 Å². The van der Waals surface area contributed by atoms with Crippen LogP contribution in [0.5, 0.6) is 0 Å². The van der Waals surface area contributed by atoms with Crippen molar-refractivity contribution in [2.75, 3.05) is 18.9 Å². The molecule has 1 saturated carbocycles. The summed E-state index contributed by atoms with van der Waals surface area (Å²) in [6, 6.07) is 8.66. The Balaban J connectivity index is 1.69. The first-order valence-corrected chi connectivity index (χ1v) is 6.86. The maximum absolute atomic E-state index is 3.59. The lowest BCUT2D eigenvalue weighted by Gasteiger charge is -2.21. The minimum absolute atomic E-state index is 0.917. The molecule has 1 aromatic rings. The van der Waals surface area contributed by atoms with Crippen molar-refractivity contribution in [3.8, 4) is 0 Å². The van der Waals surface area contributed by atoms with E-state index in [1.165, 1.54) is 49.9 Å². The van der Waals surface area contributed by atoms with Gasteiger partial charge < -0.3 is 10.6 Å². The molecule has 2 nitrogen and oxygen atoms in total. The Bertz CT molecular complexity index is 312. The molecule has 0 saturated heterocycles. The Hall–Kier alpha value is -1.02. The lowest BCUT2D eigenvalue weighted by Crippen LogP contribution is -2.24. The Morgan fingerprint density at radius 2 is 1.76 bits per heavy atom. The zero-order valence-electron chi connectivity index (χ0n) is 10.8. The molecule has 1 aromatic carbocycles. The van der Waals surface area contributed by atoms with E-state index in [-0.39, 0.29) is 0 Å². The number of hydrogen-bond donors (Lipinski definition) is 2. The van der Waals surface area contributed by atoms with E-state index >= 15 is 0 Å². The van der Waals surface area contributed by atoms with Crippen LogP contribution in [0.3, 0.4) is 0 Å². The van der Waals surface area contributed by atoms with E-state index < -0.39 is 0 Å². The molecule has 0 atom stereocenters. The van der Waals surface area contributed by atoms with Crippen LogP contribution in [0, 0.1) is 5.92 Å². The summed E-state index contributed by atoms with van der Waals surface area (Å²) in [6.07, 6.45) is 7.16. The monoisotopic (exact) mass is 232 g/mol. The van der Waals surface area contributed by atoms with Gasteiger partial charge in [0, 0.05) is 19.3 Å². The minimum Gasteiger partial charge on any atom is -0.388 e.